The molecule has 0 aliphatic heterocycles. The van der Waals surface area contributed by atoms with E-state index >= 15 is 0 Å². The molecule has 0 aliphatic carbocycles. The van der Waals surface area contributed by atoms with Gasteiger partial charge in [0.15, 0.2) is 5.16 Å². The van der Waals surface area contributed by atoms with Crippen LogP contribution in [0.3, 0.4) is 0 Å². The summed E-state index contributed by atoms with van der Waals surface area (Å²) in [4.78, 5) is 22.8. The first-order valence-electron chi connectivity index (χ1n) is 11.3. The van der Waals surface area contributed by atoms with Gasteiger partial charge in [-0.1, -0.05) is 37.7 Å². The zero-order valence-corrected chi connectivity index (χ0v) is 21.5. The number of aryl methyl sites for hydroxylation is 1. The van der Waals surface area contributed by atoms with Crippen LogP contribution >= 0.6 is 11.8 Å². The molecule has 4 aromatic rings. The Kier molecular flexibility index (Phi) is 7.11. The van der Waals surface area contributed by atoms with Crippen molar-refractivity contribution < 1.29 is 8.42 Å². The Hall–Kier alpha value is -2.69. The van der Waals surface area contributed by atoms with E-state index < -0.39 is 10.0 Å². The van der Waals surface area contributed by atoms with Crippen LogP contribution in [0.4, 0.5) is 0 Å². The van der Waals surface area contributed by atoms with Crippen LogP contribution in [-0.2, 0) is 28.9 Å². The van der Waals surface area contributed by atoms with Gasteiger partial charge in [-0.3, -0.25) is 9.36 Å². The standard InChI is InChI=1S/C24H29N5O3S2/c1-5-13-28-21-12-11-17(34(31,32)27(3)4)15-20(21)25-22(28)16-33-24-26-19-10-8-7-9-18(19)23(30)29(24)14-6-2/h7-12,15H,5-6,13-14,16H2,1-4H3. The number of hydrogen-bond acceptors (Lipinski definition) is 6. The molecule has 0 aliphatic rings. The van der Waals surface area contributed by atoms with Gasteiger partial charge in [-0.15, -0.1) is 0 Å². The Morgan fingerprint density at radius 1 is 0.941 bits per heavy atom. The smallest absolute Gasteiger partial charge is 0.262 e. The van der Waals surface area contributed by atoms with Crippen molar-refractivity contribution in [3.8, 4) is 0 Å². The topological polar surface area (TPSA) is 90.1 Å². The van der Waals surface area contributed by atoms with Crippen LogP contribution in [0, 0.1) is 0 Å². The van der Waals surface area contributed by atoms with Crippen molar-refractivity contribution in [3.05, 3.63) is 58.6 Å². The fourth-order valence-corrected chi connectivity index (χ4v) is 5.82. The molecule has 4 rings (SSSR count). The lowest BCUT2D eigenvalue weighted by atomic mass is 10.2. The van der Waals surface area contributed by atoms with Gasteiger partial charge >= 0.3 is 0 Å². The maximum Gasteiger partial charge on any atom is 0.262 e. The first-order chi connectivity index (χ1) is 16.3. The fourth-order valence-electron chi connectivity index (χ4n) is 3.92. The quantitative estimate of drug-likeness (QED) is 0.254. The molecule has 0 radical (unpaired) electrons. The largest absolute Gasteiger partial charge is 0.327 e. The van der Waals surface area contributed by atoms with E-state index in [1.165, 1.54) is 30.2 Å². The van der Waals surface area contributed by atoms with E-state index in [1.54, 1.807) is 16.7 Å². The Morgan fingerprint density at radius 3 is 2.35 bits per heavy atom. The molecule has 2 aromatic carbocycles. The van der Waals surface area contributed by atoms with Gasteiger partial charge in [0.2, 0.25) is 10.0 Å². The molecule has 34 heavy (non-hydrogen) atoms. The highest BCUT2D eigenvalue weighted by Crippen LogP contribution is 2.27. The Balaban J connectivity index is 1.75. The first kappa shape index (κ1) is 24.4. The summed E-state index contributed by atoms with van der Waals surface area (Å²) < 4.78 is 30.2. The second kappa shape index (κ2) is 9.89. The van der Waals surface area contributed by atoms with E-state index in [0.717, 1.165) is 30.7 Å². The summed E-state index contributed by atoms with van der Waals surface area (Å²) in [5.74, 6) is 1.34. The van der Waals surface area contributed by atoms with Crippen molar-refractivity contribution in [1.82, 2.24) is 23.4 Å². The van der Waals surface area contributed by atoms with Crippen LogP contribution in [0.5, 0.6) is 0 Å². The number of fused-ring (bicyclic) bond motifs is 2. The molecule has 0 amide bonds. The summed E-state index contributed by atoms with van der Waals surface area (Å²) in [6.45, 7) is 5.49. The maximum absolute atomic E-state index is 13.1. The van der Waals surface area contributed by atoms with E-state index in [1.807, 2.05) is 37.3 Å². The monoisotopic (exact) mass is 499 g/mol. The number of benzene rings is 2. The molecule has 0 N–H and O–H groups in total. The Bertz CT molecular complexity index is 1510. The van der Waals surface area contributed by atoms with Gasteiger partial charge in [0.25, 0.3) is 5.56 Å². The Labute approximate surface area is 203 Å². The maximum atomic E-state index is 13.1. The van der Waals surface area contributed by atoms with E-state index in [9.17, 15) is 13.2 Å². The number of aromatic nitrogens is 4. The highest BCUT2D eigenvalue weighted by Gasteiger charge is 2.20. The van der Waals surface area contributed by atoms with Crippen molar-refractivity contribution >= 4 is 43.7 Å². The van der Waals surface area contributed by atoms with Gasteiger partial charge in [0, 0.05) is 27.2 Å². The first-order valence-corrected chi connectivity index (χ1v) is 13.7. The minimum Gasteiger partial charge on any atom is -0.327 e. The van der Waals surface area contributed by atoms with Gasteiger partial charge in [-0.25, -0.2) is 22.7 Å². The predicted octanol–water partition coefficient (Wildman–Crippen LogP) is 4.11. The molecule has 180 valence electrons. The summed E-state index contributed by atoms with van der Waals surface area (Å²) in [7, 11) is -0.511. The van der Waals surface area contributed by atoms with Gasteiger partial charge in [-0.2, -0.15) is 0 Å². The number of rotatable bonds is 9. The van der Waals surface area contributed by atoms with Crippen LogP contribution in [0.25, 0.3) is 21.9 Å². The molecular weight excluding hydrogens is 470 g/mol. The van der Waals surface area contributed by atoms with Crippen molar-refractivity contribution in [3.63, 3.8) is 0 Å². The molecule has 0 saturated heterocycles. The second-order valence-electron chi connectivity index (χ2n) is 8.27. The third-order valence-electron chi connectivity index (χ3n) is 5.63. The fraction of sp³-hybridized carbons (Fsp3) is 0.375. The van der Waals surface area contributed by atoms with Crippen LogP contribution in [0.1, 0.15) is 32.5 Å². The van der Waals surface area contributed by atoms with Gasteiger partial charge < -0.3 is 4.57 Å². The highest BCUT2D eigenvalue weighted by molar-refractivity contribution is 7.98. The number of para-hydroxylation sites is 1. The minimum absolute atomic E-state index is 0.0319. The molecule has 8 nitrogen and oxygen atoms in total. The lowest BCUT2D eigenvalue weighted by Crippen LogP contribution is -2.23. The SMILES string of the molecule is CCCn1c(SCc2nc3cc(S(=O)(=O)N(C)C)ccc3n2CCC)nc2ccccc2c1=O. The molecule has 0 fully saturated rings. The van der Waals surface area contributed by atoms with Crippen LogP contribution in [0.2, 0.25) is 0 Å². The lowest BCUT2D eigenvalue weighted by molar-refractivity contribution is 0.521. The van der Waals surface area contributed by atoms with Gasteiger partial charge in [0.05, 0.1) is 32.6 Å². The zero-order chi connectivity index (χ0) is 24.5. The van der Waals surface area contributed by atoms with Crippen molar-refractivity contribution in [2.24, 2.45) is 0 Å². The molecular formula is C24H29N5O3S2. The summed E-state index contributed by atoms with van der Waals surface area (Å²) in [5, 5.41) is 1.28. The molecule has 0 atom stereocenters. The average molecular weight is 500 g/mol. The molecule has 2 heterocycles. The summed E-state index contributed by atoms with van der Waals surface area (Å²) in [6, 6.07) is 12.5. The number of thioether (sulfide) groups is 1. The van der Waals surface area contributed by atoms with E-state index in [0.29, 0.717) is 33.9 Å². The number of hydrogen-bond donors (Lipinski definition) is 0. The van der Waals surface area contributed by atoms with Crippen LogP contribution in [0.15, 0.2) is 57.3 Å². The van der Waals surface area contributed by atoms with Crippen LogP contribution in [-0.4, -0.2) is 45.9 Å². The van der Waals surface area contributed by atoms with E-state index in [-0.39, 0.29) is 10.5 Å². The second-order valence-corrected chi connectivity index (χ2v) is 11.4. The number of sulfonamides is 1. The predicted molar refractivity (Wildman–Crippen MR) is 137 cm³/mol. The van der Waals surface area contributed by atoms with Gasteiger partial charge in [-0.05, 0) is 43.2 Å². The molecule has 0 unspecified atom stereocenters. The zero-order valence-electron chi connectivity index (χ0n) is 19.9. The summed E-state index contributed by atoms with van der Waals surface area (Å²) in [6.07, 6.45) is 1.74. The van der Waals surface area contributed by atoms with Crippen LogP contribution < -0.4 is 5.56 Å². The summed E-state index contributed by atoms with van der Waals surface area (Å²) in [5.41, 5.74) is 2.19. The minimum atomic E-state index is -3.55. The molecule has 2 aromatic heterocycles. The van der Waals surface area contributed by atoms with Crippen molar-refractivity contribution in [2.75, 3.05) is 14.1 Å². The molecule has 10 heteroatoms. The van der Waals surface area contributed by atoms with E-state index in [4.69, 9.17) is 9.97 Å². The highest BCUT2D eigenvalue weighted by atomic mass is 32.2. The molecule has 0 spiro atoms. The number of nitrogens with zero attached hydrogens (tertiary/aromatic N) is 5. The molecule has 0 saturated carbocycles. The third-order valence-corrected chi connectivity index (χ3v) is 8.41. The van der Waals surface area contributed by atoms with E-state index in [2.05, 4.69) is 11.5 Å². The summed E-state index contributed by atoms with van der Waals surface area (Å²) >= 11 is 1.48. The Morgan fingerprint density at radius 2 is 1.65 bits per heavy atom. The van der Waals surface area contributed by atoms with Crippen molar-refractivity contribution in [2.45, 2.75) is 55.6 Å². The third kappa shape index (κ3) is 4.49. The average Bonchev–Trinajstić information content (AvgIpc) is 3.16. The van der Waals surface area contributed by atoms with Gasteiger partial charge in [0.1, 0.15) is 5.82 Å². The van der Waals surface area contributed by atoms with Crippen molar-refractivity contribution in [1.29, 1.82) is 0 Å². The number of imidazole rings is 1. The normalized spacial score (nSPS) is 12.3. The lowest BCUT2D eigenvalue weighted by Gasteiger charge is -2.13. The molecule has 0 bridgehead atoms.